The minimum Gasteiger partial charge on any atom is -0.455 e. The zero-order chi connectivity index (χ0) is 90.5. The number of halogens is 2. The summed E-state index contributed by atoms with van der Waals surface area (Å²) >= 11 is 0. The second-order valence-corrected chi connectivity index (χ2v) is 35.8. The number of cyclic esters (lactones) is 2. The maximum absolute atomic E-state index is 16.9. The number of ketones is 4. The minimum atomic E-state index is -3.21. The number of anilines is 1. The number of ether oxygens (including phenoxy) is 10. The minimum absolute atomic E-state index is 0.0111. The Labute approximate surface area is 712 Å². The van der Waals surface area contributed by atoms with Crippen LogP contribution in [0.1, 0.15) is 175 Å². The fraction of sp³-hybridized carbons (Fsp3) is 0.721. The highest BCUT2D eigenvalue weighted by Crippen LogP contribution is 2.47. The third-order valence-corrected chi connectivity index (χ3v) is 26.1. The first-order valence-corrected chi connectivity index (χ1v) is 42.4. The average molecular weight is 1720 g/mol. The molecule has 4 N–H and O–H groups in total. The number of hydrogen-bond donors (Lipinski definition) is 3. The molecule has 6 aliphatic rings. The van der Waals surface area contributed by atoms with Crippen molar-refractivity contribution in [2.24, 2.45) is 35.5 Å². The van der Waals surface area contributed by atoms with Gasteiger partial charge in [0.1, 0.15) is 47.4 Å². The van der Waals surface area contributed by atoms with Crippen molar-refractivity contribution in [2.45, 2.75) is 307 Å². The second kappa shape index (κ2) is 39.4. The van der Waals surface area contributed by atoms with Crippen LogP contribution in [0.25, 0.3) is 22.5 Å². The number of carbonyl (C=O) groups is 8. The number of amides is 2. The first-order valence-electron chi connectivity index (χ1n) is 42.4. The van der Waals surface area contributed by atoms with Gasteiger partial charge >= 0.3 is 24.1 Å². The number of unbranched alkanes of at least 4 members (excludes halogenated alkanes) is 2. The van der Waals surface area contributed by atoms with Gasteiger partial charge in [0, 0.05) is 117 Å². The zero-order valence-corrected chi connectivity index (χ0v) is 74.5. The number of alkyl halides is 2. The number of benzene rings is 2. The predicted octanol–water partition coefficient (Wildman–Crippen LogP) is 9.53. The van der Waals surface area contributed by atoms with Gasteiger partial charge in [-0.05, 0) is 160 Å². The number of fused-ring (bicyclic) bond motifs is 2. The molecule has 6 aliphatic heterocycles. The summed E-state index contributed by atoms with van der Waals surface area (Å²) in [5.74, 6) is -11.9. The number of nitrogens with two attached hydrogens (primary N) is 1. The Morgan fingerprint density at radius 1 is 0.566 bits per heavy atom. The van der Waals surface area contributed by atoms with Gasteiger partial charge in [-0.15, -0.1) is 10.2 Å². The van der Waals surface area contributed by atoms with Gasteiger partial charge in [-0.2, -0.15) is 0 Å². The molecule has 0 radical (unpaired) electrons. The van der Waals surface area contributed by atoms with E-state index in [4.69, 9.17) is 53.1 Å². The van der Waals surface area contributed by atoms with E-state index in [1.807, 2.05) is 76.2 Å². The number of nitrogen functional groups attached to an aromatic ring is 1. The van der Waals surface area contributed by atoms with Gasteiger partial charge < -0.3 is 82.9 Å². The lowest BCUT2D eigenvalue weighted by Crippen LogP contribution is -2.61. The molecular formula is C86H128F2N12O22. The quantitative estimate of drug-likeness (QED) is 0.0118. The number of Topliss-reactive ketones (excluding diaryl/α,β-unsaturated/α-hetero) is 4. The molecule has 6 saturated heterocycles. The summed E-state index contributed by atoms with van der Waals surface area (Å²) in [7, 11) is 10.0. The molecule has 6 fully saturated rings. The molecule has 2 aromatic carbocycles. The van der Waals surface area contributed by atoms with Crippen LogP contribution in [-0.4, -0.2) is 287 Å². The molecule has 4 aromatic rings. The molecule has 678 valence electrons. The SMILES string of the molecule is CC[C@H]1OC(=O)[C@@](C)(F)C(=O)[C@H](C)[C@@H](O[C@@H]2O[C@H](C)C[C@H](N(C)C)[C@H]2O)[C@@](C)(OC)C[C@@H](C)C(=O)[C@H](C)[C@@H]2N(CCCCn3cc(-c4cccc(N)c4)nn3)C(=O)O[C@@]21C.CC[C@H]1OC(=O)[C@@](C)(F)C(=O)[C@H](C)[C@@H](O[C@@H]2O[C@H](C)C[C@H](N(C)C)[C@H]2O)[C@@](C)(OC)C[C@@H](C)C(=O)[C@H](C)[C@@H]2N(CCCCn3cc(-c4cccc([N+](=O)[O-])c4)nn3)C(=O)O[C@@]21C. The molecule has 2 amide bonds. The van der Waals surface area contributed by atoms with Gasteiger partial charge in [0.15, 0.2) is 35.3 Å². The number of carbonyl (C=O) groups excluding carboxylic acids is 8. The number of nitro benzene ring substituents is 1. The smallest absolute Gasteiger partial charge is 0.410 e. The molecule has 0 unspecified atom stereocenters. The van der Waals surface area contributed by atoms with E-state index in [1.54, 1.807) is 103 Å². The number of hydrogen-bond acceptors (Lipinski definition) is 29. The molecule has 10 rings (SSSR count). The predicted molar refractivity (Wildman–Crippen MR) is 440 cm³/mol. The molecule has 122 heavy (non-hydrogen) atoms. The number of aryl methyl sites for hydroxylation is 2. The van der Waals surface area contributed by atoms with Crippen LogP contribution >= 0.6 is 0 Å². The van der Waals surface area contributed by atoms with E-state index in [-0.39, 0.29) is 80.3 Å². The van der Waals surface area contributed by atoms with Gasteiger partial charge in [-0.3, -0.25) is 38.7 Å². The highest BCUT2D eigenvalue weighted by atomic mass is 19.1. The van der Waals surface area contributed by atoms with E-state index in [0.717, 1.165) is 19.4 Å². The first kappa shape index (κ1) is 97.3. The topological polar surface area (TPSA) is 413 Å². The largest absolute Gasteiger partial charge is 0.455 e. The van der Waals surface area contributed by atoms with Gasteiger partial charge in [-0.25, -0.2) is 28.0 Å². The van der Waals surface area contributed by atoms with Crippen LogP contribution in [0.5, 0.6) is 0 Å². The van der Waals surface area contributed by atoms with Crippen molar-refractivity contribution in [1.29, 1.82) is 0 Å². The molecule has 2 aromatic heterocycles. The maximum atomic E-state index is 16.9. The van der Waals surface area contributed by atoms with Crippen LogP contribution in [0.2, 0.25) is 0 Å². The average Bonchev–Trinajstić information content (AvgIpc) is 1.57. The number of esters is 2. The number of non-ortho nitro benzene ring substituents is 1. The number of rotatable bonds is 23. The van der Waals surface area contributed by atoms with Crippen molar-refractivity contribution in [3.63, 3.8) is 0 Å². The van der Waals surface area contributed by atoms with E-state index in [1.165, 1.54) is 50.0 Å². The highest BCUT2D eigenvalue weighted by molar-refractivity contribution is 6.08. The molecule has 26 atom stereocenters. The normalized spacial score (nSPS) is 36.7. The number of aromatic nitrogens is 6. The van der Waals surface area contributed by atoms with Gasteiger partial charge in [-0.1, -0.05) is 90.1 Å². The standard InChI is InChI=1S/C43H63FN6O12.C43H65FN6O10/c1-12-32-43(8)35(49(40(55)62-43)19-14-13-18-48-23-30(45-46-48)28-16-15-17-29(21-28)50(56)57)26(4)33(51)24(2)22-41(6,58-11)37(27(5)36(53)42(7,44)39(54)60-32)61-38-34(52)31(47(9)10)20-25(3)59-38;1-12-32-43(8)35(50(40(55)60-43)19-14-13-18-49-23-30(46-47-49)28-16-15-17-29(45)21-28)26(4)33(51)24(2)22-41(6,56-11)37(27(5)36(53)42(7,44)39(54)58-32)59-38-34(52)31(48(9)10)20-25(3)57-38/h15-17,21,23-27,31-32,34-35,37-38,52H,12-14,18-20,22H2,1-11H3;15-17,21,23-27,31-32,34-35,37-38,52H,12-14,18-20,22,45H2,1-11H3/t2*24-,25-,26+,27+,31+,32-,34-,35+,37-,38+,41+,42+,43-/m11/s1. The van der Waals surface area contributed by atoms with Crippen LogP contribution in [0.15, 0.2) is 60.9 Å². The van der Waals surface area contributed by atoms with E-state index in [9.17, 15) is 58.7 Å². The third kappa shape index (κ3) is 20.5. The van der Waals surface area contributed by atoms with E-state index >= 15 is 8.78 Å². The summed E-state index contributed by atoms with van der Waals surface area (Å²) in [6.07, 6.45) is -5.67. The molecule has 0 spiro atoms. The van der Waals surface area contributed by atoms with Crippen LogP contribution in [0.4, 0.5) is 29.7 Å². The Kier molecular flexibility index (Phi) is 31.4. The Balaban J connectivity index is 0.000000277. The lowest BCUT2D eigenvalue weighted by molar-refractivity contribution is -0.384. The summed E-state index contributed by atoms with van der Waals surface area (Å²) in [6, 6.07) is 10.7. The molecular weight excluding hydrogens is 1590 g/mol. The van der Waals surface area contributed by atoms with Crippen molar-refractivity contribution >= 4 is 58.6 Å². The van der Waals surface area contributed by atoms with Crippen LogP contribution in [0, 0.1) is 45.6 Å². The summed E-state index contributed by atoms with van der Waals surface area (Å²) in [5.41, 5.74) is -3.64. The van der Waals surface area contributed by atoms with Crippen LogP contribution in [-0.2, 0) is 89.2 Å². The van der Waals surface area contributed by atoms with Crippen LogP contribution in [0.3, 0.4) is 0 Å². The summed E-state index contributed by atoms with van der Waals surface area (Å²) in [4.78, 5) is 131. The monoisotopic (exact) mass is 1720 g/mol. The Bertz CT molecular complexity index is 4360. The summed E-state index contributed by atoms with van der Waals surface area (Å²) in [6.45, 7) is 25.9. The van der Waals surface area contributed by atoms with Crippen molar-refractivity contribution < 1.29 is 110 Å². The molecule has 34 nitrogen and oxygen atoms in total. The Morgan fingerprint density at radius 2 is 0.934 bits per heavy atom. The molecule has 0 bridgehead atoms. The number of likely N-dealkylation sites (N-methyl/N-ethyl adjacent to an activating group) is 2. The lowest BCUT2D eigenvalue weighted by atomic mass is 9.73. The first-order chi connectivity index (χ1) is 57.1. The molecule has 0 saturated carbocycles. The van der Waals surface area contributed by atoms with Gasteiger partial charge in [0.2, 0.25) is 0 Å². The number of nitro groups is 1. The van der Waals surface area contributed by atoms with Crippen LogP contribution < -0.4 is 5.73 Å². The van der Waals surface area contributed by atoms with Gasteiger partial charge in [0.25, 0.3) is 17.0 Å². The van der Waals surface area contributed by atoms with E-state index in [2.05, 4.69) is 20.6 Å². The zero-order valence-electron chi connectivity index (χ0n) is 74.5. The highest BCUT2D eigenvalue weighted by Gasteiger charge is 2.65. The van der Waals surface area contributed by atoms with Crippen molar-refractivity contribution in [3.8, 4) is 22.5 Å². The maximum Gasteiger partial charge on any atom is 0.410 e. The summed E-state index contributed by atoms with van der Waals surface area (Å²) < 4.78 is 98.2. The molecule has 8 heterocycles. The fourth-order valence-corrected chi connectivity index (χ4v) is 19.1. The lowest BCUT2D eigenvalue weighted by Gasteiger charge is -2.47. The number of methoxy groups -OCH3 is 2. The third-order valence-electron chi connectivity index (χ3n) is 26.1. The Hall–Kier alpha value is -8.46. The van der Waals surface area contributed by atoms with Crippen molar-refractivity contribution in [3.05, 3.63) is 71.0 Å². The van der Waals surface area contributed by atoms with E-state index < -0.39 is 171 Å². The summed E-state index contributed by atoms with van der Waals surface area (Å²) in [5, 5.41) is 50.9. The number of nitrogens with zero attached hydrogens (tertiary/aromatic N) is 11. The fourth-order valence-electron chi connectivity index (χ4n) is 19.1. The van der Waals surface area contributed by atoms with E-state index in [0.29, 0.717) is 74.3 Å². The molecule has 0 aliphatic carbocycles. The van der Waals surface area contributed by atoms with Crippen molar-refractivity contribution in [1.82, 2.24) is 49.6 Å². The Morgan fingerprint density at radius 3 is 1.29 bits per heavy atom. The van der Waals surface area contributed by atoms with Gasteiger partial charge in [0.05, 0.1) is 65.0 Å². The number of aliphatic hydroxyl groups is 2. The number of aliphatic hydroxyl groups excluding tert-OH is 2. The van der Waals surface area contributed by atoms with Crippen molar-refractivity contribution in [2.75, 3.05) is 61.2 Å². The molecule has 36 heteroatoms. The second-order valence-electron chi connectivity index (χ2n) is 35.8.